The first-order valence-corrected chi connectivity index (χ1v) is 6.77. The Morgan fingerprint density at radius 2 is 2.16 bits per heavy atom. The molecule has 7 heteroatoms. The zero-order valence-electron chi connectivity index (χ0n) is 10.5. The van der Waals surface area contributed by atoms with E-state index in [1.807, 2.05) is 25.3 Å². The van der Waals surface area contributed by atoms with E-state index in [0.29, 0.717) is 23.5 Å². The summed E-state index contributed by atoms with van der Waals surface area (Å²) < 4.78 is 1.44. The van der Waals surface area contributed by atoms with Crippen molar-refractivity contribution in [3.8, 4) is 10.7 Å². The van der Waals surface area contributed by atoms with Crippen molar-refractivity contribution in [1.29, 1.82) is 0 Å². The molecule has 3 aromatic heterocycles. The van der Waals surface area contributed by atoms with Gasteiger partial charge in [-0.05, 0) is 30.9 Å². The minimum absolute atomic E-state index is 0.337. The standard InChI is InChI=1S/C12H12N4O2S/c1-3-16-10-7(11(17)15-12(16)18)13-9(14-10)8-6(2)4-5-19-8/h4-5H,3H2,1-2H3,(H,13,14)(H,15,17,18). The topological polar surface area (TPSA) is 83.5 Å². The summed E-state index contributed by atoms with van der Waals surface area (Å²) in [5.74, 6) is 0.626. The molecule has 19 heavy (non-hydrogen) atoms. The lowest BCUT2D eigenvalue weighted by atomic mass is 10.3. The molecule has 0 fully saturated rings. The van der Waals surface area contributed by atoms with Gasteiger partial charge in [-0.15, -0.1) is 11.3 Å². The summed E-state index contributed by atoms with van der Waals surface area (Å²) in [6, 6.07) is 1.99. The number of thiophene rings is 1. The van der Waals surface area contributed by atoms with Gasteiger partial charge < -0.3 is 4.98 Å². The largest absolute Gasteiger partial charge is 0.331 e. The maximum Gasteiger partial charge on any atom is 0.330 e. The minimum Gasteiger partial charge on any atom is -0.331 e. The fraction of sp³-hybridized carbons (Fsp3) is 0.250. The first-order chi connectivity index (χ1) is 9.11. The molecule has 0 bridgehead atoms. The van der Waals surface area contributed by atoms with E-state index in [-0.39, 0.29) is 0 Å². The van der Waals surface area contributed by atoms with Crippen molar-refractivity contribution in [3.63, 3.8) is 0 Å². The number of hydrogen-bond donors (Lipinski definition) is 2. The number of aromatic amines is 2. The lowest BCUT2D eigenvalue weighted by Gasteiger charge is -1.99. The van der Waals surface area contributed by atoms with Crippen LogP contribution in [0.3, 0.4) is 0 Å². The van der Waals surface area contributed by atoms with Crippen molar-refractivity contribution >= 4 is 22.5 Å². The van der Waals surface area contributed by atoms with Crippen LogP contribution in [0.25, 0.3) is 21.9 Å². The van der Waals surface area contributed by atoms with Gasteiger partial charge >= 0.3 is 5.69 Å². The second-order valence-electron chi connectivity index (χ2n) is 4.22. The monoisotopic (exact) mass is 276 g/mol. The molecule has 0 amide bonds. The van der Waals surface area contributed by atoms with Crippen LogP contribution >= 0.6 is 11.3 Å². The van der Waals surface area contributed by atoms with Gasteiger partial charge in [0.05, 0.1) is 4.88 Å². The Bertz CT molecular complexity index is 868. The number of nitrogens with one attached hydrogen (secondary N) is 2. The molecule has 0 radical (unpaired) electrons. The molecule has 0 unspecified atom stereocenters. The summed E-state index contributed by atoms with van der Waals surface area (Å²) in [5, 5.41) is 1.97. The third-order valence-corrected chi connectivity index (χ3v) is 4.05. The summed E-state index contributed by atoms with van der Waals surface area (Å²) in [6.07, 6.45) is 0. The number of imidazole rings is 1. The smallest absolute Gasteiger partial charge is 0.330 e. The highest BCUT2D eigenvalue weighted by molar-refractivity contribution is 7.13. The molecule has 3 rings (SSSR count). The molecule has 0 saturated carbocycles. The van der Waals surface area contributed by atoms with Crippen LogP contribution in [0.15, 0.2) is 21.0 Å². The van der Waals surface area contributed by atoms with Gasteiger partial charge in [0, 0.05) is 6.54 Å². The number of aryl methyl sites for hydroxylation is 2. The van der Waals surface area contributed by atoms with Gasteiger partial charge in [0.15, 0.2) is 11.5 Å². The number of nitrogens with zero attached hydrogens (tertiary/aromatic N) is 2. The number of aromatic nitrogens is 4. The SMILES string of the molecule is CCn1c(=O)[nH]c(=O)c2[nH]c(-c3sccc3C)nc21. The van der Waals surface area contributed by atoms with Crippen molar-refractivity contribution in [3.05, 3.63) is 37.8 Å². The zero-order chi connectivity index (χ0) is 13.6. The molecule has 0 saturated heterocycles. The Morgan fingerprint density at radius 3 is 2.79 bits per heavy atom. The first kappa shape index (κ1) is 11.9. The van der Waals surface area contributed by atoms with E-state index in [1.165, 1.54) is 4.57 Å². The van der Waals surface area contributed by atoms with Crippen LogP contribution in [0.1, 0.15) is 12.5 Å². The molecule has 0 aliphatic carbocycles. The predicted octanol–water partition coefficient (Wildman–Crippen LogP) is 1.47. The summed E-state index contributed by atoms with van der Waals surface area (Å²) >= 11 is 1.55. The second-order valence-corrected chi connectivity index (χ2v) is 5.14. The Balaban J connectivity index is 2.38. The summed E-state index contributed by atoms with van der Waals surface area (Å²) in [5.41, 5.74) is 0.966. The van der Waals surface area contributed by atoms with Gasteiger partial charge in [0.2, 0.25) is 0 Å². The first-order valence-electron chi connectivity index (χ1n) is 5.89. The molecule has 3 aromatic rings. The number of fused-ring (bicyclic) bond motifs is 1. The van der Waals surface area contributed by atoms with Crippen LogP contribution < -0.4 is 11.2 Å². The summed E-state index contributed by atoms with van der Waals surface area (Å²) in [6.45, 7) is 4.28. The lowest BCUT2D eigenvalue weighted by molar-refractivity contribution is 0.720. The highest BCUT2D eigenvalue weighted by Gasteiger charge is 2.14. The average Bonchev–Trinajstić information content (AvgIpc) is 2.95. The van der Waals surface area contributed by atoms with Crippen molar-refractivity contribution in [2.24, 2.45) is 0 Å². The second kappa shape index (κ2) is 4.20. The van der Waals surface area contributed by atoms with Crippen LogP contribution in [-0.2, 0) is 6.54 Å². The van der Waals surface area contributed by atoms with Crippen LogP contribution in [0.4, 0.5) is 0 Å². The molecular formula is C12H12N4O2S. The lowest BCUT2D eigenvalue weighted by Crippen LogP contribution is -2.29. The molecule has 0 aromatic carbocycles. The third-order valence-electron chi connectivity index (χ3n) is 3.03. The average molecular weight is 276 g/mol. The Morgan fingerprint density at radius 1 is 1.37 bits per heavy atom. The van der Waals surface area contributed by atoms with Gasteiger partial charge in [-0.2, -0.15) is 0 Å². The van der Waals surface area contributed by atoms with Crippen LogP contribution in [0.2, 0.25) is 0 Å². The molecule has 0 spiro atoms. The van der Waals surface area contributed by atoms with E-state index < -0.39 is 11.2 Å². The molecule has 3 heterocycles. The van der Waals surface area contributed by atoms with E-state index in [2.05, 4.69) is 15.0 Å². The van der Waals surface area contributed by atoms with Gasteiger partial charge in [-0.25, -0.2) is 9.78 Å². The highest BCUT2D eigenvalue weighted by Crippen LogP contribution is 2.27. The maximum atomic E-state index is 11.8. The molecule has 2 N–H and O–H groups in total. The number of rotatable bonds is 2. The number of H-pyrrole nitrogens is 2. The maximum absolute atomic E-state index is 11.8. The fourth-order valence-electron chi connectivity index (χ4n) is 2.06. The third kappa shape index (κ3) is 1.74. The Labute approximate surface area is 111 Å². The number of hydrogen-bond acceptors (Lipinski definition) is 4. The Kier molecular flexibility index (Phi) is 2.63. The van der Waals surface area contributed by atoms with E-state index in [9.17, 15) is 9.59 Å². The van der Waals surface area contributed by atoms with Crippen LogP contribution in [0, 0.1) is 6.92 Å². The van der Waals surface area contributed by atoms with E-state index >= 15 is 0 Å². The van der Waals surface area contributed by atoms with E-state index in [0.717, 1.165) is 10.4 Å². The fourth-order valence-corrected chi connectivity index (χ4v) is 2.93. The van der Waals surface area contributed by atoms with Gasteiger partial charge in [0.25, 0.3) is 5.56 Å². The quantitative estimate of drug-likeness (QED) is 0.743. The van der Waals surface area contributed by atoms with E-state index in [4.69, 9.17) is 0 Å². The van der Waals surface area contributed by atoms with Crippen LogP contribution in [0.5, 0.6) is 0 Å². The minimum atomic E-state index is -0.433. The van der Waals surface area contributed by atoms with Crippen molar-refractivity contribution in [1.82, 2.24) is 19.5 Å². The normalized spacial score (nSPS) is 11.3. The molecule has 98 valence electrons. The zero-order valence-corrected chi connectivity index (χ0v) is 11.3. The molecule has 0 aliphatic heterocycles. The van der Waals surface area contributed by atoms with Crippen molar-refractivity contribution in [2.75, 3.05) is 0 Å². The molecule has 0 aliphatic rings. The predicted molar refractivity (Wildman–Crippen MR) is 74.7 cm³/mol. The molecular weight excluding hydrogens is 264 g/mol. The van der Waals surface area contributed by atoms with Gasteiger partial charge in [0.1, 0.15) is 5.52 Å². The van der Waals surface area contributed by atoms with Gasteiger partial charge in [-0.3, -0.25) is 14.3 Å². The van der Waals surface area contributed by atoms with Crippen molar-refractivity contribution in [2.45, 2.75) is 20.4 Å². The Hall–Kier alpha value is -2.15. The molecule has 0 atom stereocenters. The summed E-state index contributed by atoms with van der Waals surface area (Å²) in [7, 11) is 0. The summed E-state index contributed by atoms with van der Waals surface area (Å²) in [4.78, 5) is 34.2. The highest BCUT2D eigenvalue weighted by atomic mass is 32.1. The van der Waals surface area contributed by atoms with E-state index in [1.54, 1.807) is 11.3 Å². The van der Waals surface area contributed by atoms with Crippen molar-refractivity contribution < 1.29 is 0 Å². The van der Waals surface area contributed by atoms with Gasteiger partial charge in [-0.1, -0.05) is 0 Å². The molecule has 6 nitrogen and oxygen atoms in total. The van der Waals surface area contributed by atoms with Crippen LogP contribution in [-0.4, -0.2) is 19.5 Å².